The molecule has 0 aliphatic rings. The van der Waals surface area contributed by atoms with E-state index in [-0.39, 0.29) is 23.8 Å². The number of rotatable bonds is 6. The van der Waals surface area contributed by atoms with Gasteiger partial charge >= 0.3 is 5.69 Å². The van der Waals surface area contributed by atoms with Gasteiger partial charge in [-0.05, 0) is 19.2 Å². The Kier molecular flexibility index (Phi) is 4.59. The predicted octanol–water partition coefficient (Wildman–Crippen LogP) is -0.160. The summed E-state index contributed by atoms with van der Waals surface area (Å²) in [6.45, 7) is 0.312. The van der Waals surface area contributed by atoms with E-state index in [4.69, 9.17) is 10.5 Å². The number of nitrogens with two attached hydrogens (primary N) is 1. The Hall–Kier alpha value is -1.71. The number of ether oxygens (including phenoxy) is 1. The lowest BCUT2D eigenvalue weighted by atomic mass is 10.3. The maximum absolute atomic E-state index is 11.5. The van der Waals surface area contributed by atoms with Crippen LogP contribution in [0.2, 0.25) is 0 Å². The highest BCUT2D eigenvalue weighted by atomic mass is 32.2. The zero-order chi connectivity index (χ0) is 13.8. The molecule has 1 rings (SSSR count). The van der Waals surface area contributed by atoms with Gasteiger partial charge in [0.1, 0.15) is 6.61 Å². The van der Waals surface area contributed by atoms with Crippen LogP contribution < -0.4 is 15.2 Å². The summed E-state index contributed by atoms with van der Waals surface area (Å²) < 4.78 is 30.2. The quantitative estimate of drug-likeness (QED) is 0.549. The Balaban J connectivity index is 3.23. The van der Waals surface area contributed by atoms with Gasteiger partial charge in [0.2, 0.25) is 10.0 Å². The molecule has 8 nitrogen and oxygen atoms in total. The number of nitro groups is 1. The Labute approximate surface area is 104 Å². The number of nitrogens with zero attached hydrogens (tertiary/aromatic N) is 1. The van der Waals surface area contributed by atoms with Crippen LogP contribution >= 0.6 is 0 Å². The van der Waals surface area contributed by atoms with E-state index in [0.29, 0.717) is 0 Å². The molecule has 9 heteroatoms. The third-order valence-electron chi connectivity index (χ3n) is 2.08. The van der Waals surface area contributed by atoms with Crippen molar-refractivity contribution < 1.29 is 18.1 Å². The third-order valence-corrected chi connectivity index (χ3v) is 3.49. The highest BCUT2D eigenvalue weighted by Crippen LogP contribution is 2.29. The first kappa shape index (κ1) is 14.4. The van der Waals surface area contributed by atoms with E-state index in [1.54, 1.807) is 0 Å². The molecular formula is C9H13N3O5S. The number of benzene rings is 1. The predicted molar refractivity (Wildman–Crippen MR) is 63.9 cm³/mol. The van der Waals surface area contributed by atoms with Gasteiger partial charge in [0.25, 0.3) is 0 Å². The van der Waals surface area contributed by atoms with Crippen LogP contribution in [0.5, 0.6) is 5.75 Å². The summed E-state index contributed by atoms with van der Waals surface area (Å²) in [4.78, 5) is 9.93. The third kappa shape index (κ3) is 3.15. The number of nitrogens with one attached hydrogen (secondary N) is 1. The number of sulfonamides is 1. The molecule has 18 heavy (non-hydrogen) atoms. The molecule has 0 saturated heterocycles. The zero-order valence-corrected chi connectivity index (χ0v) is 10.4. The molecule has 0 saturated carbocycles. The molecule has 0 bridgehead atoms. The Bertz CT molecular complexity index is 543. The highest BCUT2D eigenvalue weighted by molar-refractivity contribution is 7.89. The molecule has 100 valence electrons. The summed E-state index contributed by atoms with van der Waals surface area (Å²) in [5, 5.41) is 10.8. The van der Waals surface area contributed by atoms with Crippen LogP contribution in [0.25, 0.3) is 0 Å². The van der Waals surface area contributed by atoms with Gasteiger partial charge in [-0.2, -0.15) is 0 Å². The fourth-order valence-electron chi connectivity index (χ4n) is 1.22. The minimum atomic E-state index is -3.73. The summed E-state index contributed by atoms with van der Waals surface area (Å²) in [5.74, 6) is -0.0134. The molecule has 3 N–H and O–H groups in total. The van der Waals surface area contributed by atoms with Gasteiger partial charge in [-0.3, -0.25) is 10.1 Å². The largest absolute Gasteiger partial charge is 0.485 e. The molecule has 0 atom stereocenters. The van der Waals surface area contributed by atoms with Crippen LogP contribution in [0.1, 0.15) is 0 Å². The summed E-state index contributed by atoms with van der Waals surface area (Å²) >= 11 is 0. The van der Waals surface area contributed by atoms with Crippen LogP contribution in [0.3, 0.4) is 0 Å². The van der Waals surface area contributed by atoms with Crippen LogP contribution in [0, 0.1) is 10.1 Å². The minimum Gasteiger partial charge on any atom is -0.485 e. The summed E-state index contributed by atoms with van der Waals surface area (Å²) in [6.07, 6.45) is 0. The molecule has 1 aromatic rings. The van der Waals surface area contributed by atoms with Crippen LogP contribution in [0.15, 0.2) is 23.1 Å². The van der Waals surface area contributed by atoms with E-state index >= 15 is 0 Å². The monoisotopic (exact) mass is 275 g/mol. The summed E-state index contributed by atoms with van der Waals surface area (Å²) in [6, 6.07) is 3.40. The topological polar surface area (TPSA) is 125 Å². The molecule has 0 aliphatic heterocycles. The van der Waals surface area contributed by atoms with E-state index < -0.39 is 20.6 Å². The van der Waals surface area contributed by atoms with Crippen molar-refractivity contribution in [1.82, 2.24) is 4.72 Å². The number of hydrogen-bond acceptors (Lipinski definition) is 6. The van der Waals surface area contributed by atoms with Crippen molar-refractivity contribution in [3.63, 3.8) is 0 Å². The average molecular weight is 275 g/mol. The van der Waals surface area contributed by atoms with Gasteiger partial charge < -0.3 is 10.5 Å². The normalized spacial score (nSPS) is 11.2. The second-order valence-corrected chi connectivity index (χ2v) is 5.12. The van der Waals surface area contributed by atoms with E-state index in [2.05, 4.69) is 4.72 Å². The van der Waals surface area contributed by atoms with Gasteiger partial charge in [0.05, 0.1) is 9.82 Å². The van der Waals surface area contributed by atoms with E-state index in [1.807, 2.05) is 0 Å². The van der Waals surface area contributed by atoms with Crippen LogP contribution in [0.4, 0.5) is 5.69 Å². The smallest absolute Gasteiger partial charge is 0.312 e. The fourth-order valence-corrected chi connectivity index (χ4v) is 1.97. The van der Waals surface area contributed by atoms with Crippen LogP contribution in [-0.4, -0.2) is 33.5 Å². The van der Waals surface area contributed by atoms with Gasteiger partial charge in [-0.15, -0.1) is 0 Å². The van der Waals surface area contributed by atoms with Crippen molar-refractivity contribution >= 4 is 15.7 Å². The van der Waals surface area contributed by atoms with Gasteiger partial charge in [-0.25, -0.2) is 13.1 Å². The van der Waals surface area contributed by atoms with Crippen molar-refractivity contribution in [2.45, 2.75) is 4.90 Å². The Morgan fingerprint density at radius 1 is 1.50 bits per heavy atom. The second kappa shape index (κ2) is 5.76. The lowest BCUT2D eigenvalue weighted by molar-refractivity contribution is -0.386. The van der Waals surface area contributed by atoms with Gasteiger partial charge in [-0.1, -0.05) is 0 Å². The van der Waals surface area contributed by atoms with Crippen molar-refractivity contribution in [3.8, 4) is 5.75 Å². The first-order valence-electron chi connectivity index (χ1n) is 4.97. The average Bonchev–Trinajstić information content (AvgIpc) is 2.35. The molecule has 0 aliphatic carbocycles. The van der Waals surface area contributed by atoms with Gasteiger partial charge in [0, 0.05) is 12.6 Å². The molecule has 0 radical (unpaired) electrons. The fraction of sp³-hybridized carbons (Fsp3) is 0.333. The van der Waals surface area contributed by atoms with E-state index in [1.165, 1.54) is 19.2 Å². The van der Waals surface area contributed by atoms with Crippen molar-refractivity contribution in [2.75, 3.05) is 20.2 Å². The standard InChI is InChI=1S/C9H13N3O5S/c1-11-18(15,16)7-2-3-9(17-5-4-10)8(6-7)12(13)14/h2-3,6,11H,4-5,10H2,1H3. The molecule has 0 heterocycles. The maximum Gasteiger partial charge on any atom is 0.312 e. The van der Waals surface area contributed by atoms with Crippen LogP contribution in [-0.2, 0) is 10.0 Å². The van der Waals surface area contributed by atoms with Gasteiger partial charge in [0.15, 0.2) is 5.75 Å². The summed E-state index contributed by atoms with van der Waals surface area (Å²) in [5.41, 5.74) is 4.81. The minimum absolute atomic E-state index is 0.0134. The Morgan fingerprint density at radius 3 is 2.67 bits per heavy atom. The molecule has 0 spiro atoms. The second-order valence-electron chi connectivity index (χ2n) is 3.23. The first-order valence-corrected chi connectivity index (χ1v) is 6.45. The molecule has 0 amide bonds. The lowest BCUT2D eigenvalue weighted by Gasteiger charge is -2.07. The summed E-state index contributed by atoms with van der Waals surface area (Å²) in [7, 11) is -2.50. The SMILES string of the molecule is CNS(=O)(=O)c1ccc(OCCN)c([N+](=O)[O-])c1. The molecular weight excluding hydrogens is 262 g/mol. The molecule has 1 aromatic carbocycles. The van der Waals surface area contributed by atoms with Crippen molar-refractivity contribution in [2.24, 2.45) is 5.73 Å². The van der Waals surface area contributed by atoms with E-state index in [0.717, 1.165) is 6.07 Å². The maximum atomic E-state index is 11.5. The number of nitro benzene ring substituents is 1. The molecule has 0 aromatic heterocycles. The zero-order valence-electron chi connectivity index (χ0n) is 9.62. The van der Waals surface area contributed by atoms with Crippen molar-refractivity contribution in [1.29, 1.82) is 0 Å². The number of hydrogen-bond donors (Lipinski definition) is 2. The van der Waals surface area contributed by atoms with Crippen molar-refractivity contribution in [3.05, 3.63) is 28.3 Å². The molecule has 0 unspecified atom stereocenters. The van der Waals surface area contributed by atoms with E-state index in [9.17, 15) is 18.5 Å². The lowest BCUT2D eigenvalue weighted by Crippen LogP contribution is -2.19. The molecule has 0 fully saturated rings. The Morgan fingerprint density at radius 2 is 2.17 bits per heavy atom. The highest BCUT2D eigenvalue weighted by Gasteiger charge is 2.21. The first-order chi connectivity index (χ1) is 8.42.